The number of aromatic amines is 3. The number of aliphatic hydroxyl groups is 2. The Morgan fingerprint density at radius 1 is 0.720 bits per heavy atom. The van der Waals surface area contributed by atoms with Gasteiger partial charge in [0.05, 0.1) is 17.7 Å². The highest BCUT2D eigenvalue weighted by molar-refractivity contribution is 5.39. The molecule has 5 N–H and O–H groups in total. The lowest BCUT2D eigenvalue weighted by Crippen LogP contribution is -2.34. The third-order valence-electron chi connectivity index (χ3n) is 8.49. The summed E-state index contributed by atoms with van der Waals surface area (Å²) in [6.07, 6.45) is 2.49. The van der Waals surface area contributed by atoms with E-state index in [-0.39, 0.29) is 55.2 Å². The van der Waals surface area contributed by atoms with Crippen LogP contribution >= 0.6 is 0 Å². The molecule has 12 heteroatoms. The number of ether oxygens (including phenoxy) is 2. The van der Waals surface area contributed by atoms with Crippen molar-refractivity contribution in [2.45, 2.75) is 80.2 Å². The van der Waals surface area contributed by atoms with Crippen LogP contribution in [0.4, 0.5) is 0 Å². The average molecular weight is 689 g/mol. The first-order valence-corrected chi connectivity index (χ1v) is 16.8. The molecule has 2 aromatic carbocycles. The molecule has 0 fully saturated rings. The highest BCUT2D eigenvalue weighted by Crippen LogP contribution is 2.34. The number of nitrogens with one attached hydrogen (secondary N) is 3. The Labute approximate surface area is 290 Å². The second-order valence-electron chi connectivity index (χ2n) is 13.7. The summed E-state index contributed by atoms with van der Waals surface area (Å²) >= 11 is 0. The van der Waals surface area contributed by atoms with Crippen LogP contribution in [0, 0.1) is 39.5 Å². The van der Waals surface area contributed by atoms with E-state index in [4.69, 9.17) is 9.47 Å². The van der Waals surface area contributed by atoms with Crippen LogP contribution in [0.1, 0.15) is 79.3 Å². The van der Waals surface area contributed by atoms with Crippen LogP contribution in [0.2, 0.25) is 0 Å². The fourth-order valence-electron chi connectivity index (χ4n) is 6.34. The van der Waals surface area contributed by atoms with Gasteiger partial charge in [-0.1, -0.05) is 51.5 Å². The molecule has 0 radical (unpaired) electrons. The molecule has 5 rings (SSSR count). The minimum atomic E-state index is -0.571. The number of nitrogens with zero attached hydrogens (tertiary/aromatic N) is 1. The van der Waals surface area contributed by atoms with Crippen molar-refractivity contribution in [2.75, 3.05) is 13.2 Å². The molecule has 2 unspecified atom stereocenters. The van der Waals surface area contributed by atoms with Crippen molar-refractivity contribution in [1.82, 2.24) is 19.5 Å². The Morgan fingerprint density at radius 3 is 1.72 bits per heavy atom. The van der Waals surface area contributed by atoms with E-state index in [1.165, 1.54) is 4.57 Å². The van der Waals surface area contributed by atoms with Crippen LogP contribution in [-0.4, -0.2) is 42.9 Å². The molecule has 2 aromatic heterocycles. The molecule has 2 atom stereocenters. The van der Waals surface area contributed by atoms with Gasteiger partial charge in [0, 0.05) is 19.1 Å². The lowest BCUT2D eigenvalue weighted by Gasteiger charge is -2.19. The summed E-state index contributed by atoms with van der Waals surface area (Å²) in [5.41, 5.74) is 3.93. The van der Waals surface area contributed by atoms with Gasteiger partial charge in [-0.3, -0.25) is 29.1 Å². The lowest BCUT2D eigenvalue weighted by atomic mass is 9.97. The van der Waals surface area contributed by atoms with Gasteiger partial charge in [0.25, 0.3) is 11.1 Å². The van der Waals surface area contributed by atoms with Gasteiger partial charge in [0.1, 0.15) is 11.5 Å². The molecule has 1 aliphatic carbocycles. The van der Waals surface area contributed by atoms with E-state index in [9.17, 15) is 29.4 Å². The third kappa shape index (κ3) is 9.19. The molecule has 2 heterocycles. The number of aromatic nitrogens is 4. The maximum Gasteiger partial charge on any atom is 0.331 e. The summed E-state index contributed by atoms with van der Waals surface area (Å²) in [5, 5.41) is 19.1. The first-order valence-electron chi connectivity index (χ1n) is 16.8. The van der Waals surface area contributed by atoms with Crippen LogP contribution in [0.3, 0.4) is 0 Å². The van der Waals surface area contributed by atoms with E-state index in [1.807, 2.05) is 97.9 Å². The first-order chi connectivity index (χ1) is 23.6. The molecule has 4 aromatic rings. The summed E-state index contributed by atoms with van der Waals surface area (Å²) < 4.78 is 13.3. The van der Waals surface area contributed by atoms with E-state index in [1.54, 1.807) is 0 Å². The Balaban J connectivity index is 0.000000244. The zero-order chi connectivity index (χ0) is 36.9. The Hall–Kier alpha value is -4.94. The number of hydrogen-bond acceptors (Lipinski definition) is 8. The lowest BCUT2D eigenvalue weighted by molar-refractivity contribution is 0.154. The minimum Gasteiger partial charge on any atom is -0.440 e. The number of benzene rings is 2. The van der Waals surface area contributed by atoms with Gasteiger partial charge in [0.15, 0.2) is 0 Å². The summed E-state index contributed by atoms with van der Waals surface area (Å²) in [4.78, 5) is 55.8. The number of aliphatic hydroxyl groups excluding tert-OH is 2. The number of hydrogen-bond donors (Lipinski definition) is 5. The van der Waals surface area contributed by atoms with Gasteiger partial charge in [-0.2, -0.15) is 0 Å². The fourth-order valence-corrected chi connectivity index (χ4v) is 6.34. The number of H-pyrrole nitrogens is 3. The third-order valence-corrected chi connectivity index (χ3v) is 8.49. The van der Waals surface area contributed by atoms with Gasteiger partial charge >= 0.3 is 11.4 Å². The monoisotopic (exact) mass is 688 g/mol. The second-order valence-corrected chi connectivity index (χ2v) is 13.7. The molecule has 1 aliphatic rings. The van der Waals surface area contributed by atoms with Gasteiger partial charge in [-0.25, -0.2) is 9.59 Å². The zero-order valence-corrected chi connectivity index (χ0v) is 30.0. The maximum absolute atomic E-state index is 12.8. The van der Waals surface area contributed by atoms with E-state index in [0.29, 0.717) is 29.0 Å². The highest BCUT2D eigenvalue weighted by Gasteiger charge is 2.28. The van der Waals surface area contributed by atoms with Crippen molar-refractivity contribution in [3.63, 3.8) is 0 Å². The second kappa shape index (κ2) is 16.2. The van der Waals surface area contributed by atoms with Crippen molar-refractivity contribution < 1.29 is 19.7 Å². The fraction of sp³-hybridized carbons (Fsp3) is 0.421. The summed E-state index contributed by atoms with van der Waals surface area (Å²) in [6, 6.07) is 11.5. The first kappa shape index (κ1) is 37.9. The molecule has 0 amide bonds. The summed E-state index contributed by atoms with van der Waals surface area (Å²) in [6.45, 7) is 15.5. The Bertz CT molecular complexity index is 2060. The van der Waals surface area contributed by atoms with Crippen LogP contribution in [0.25, 0.3) is 0 Å². The predicted molar refractivity (Wildman–Crippen MR) is 193 cm³/mol. The molecule has 0 aliphatic heterocycles. The van der Waals surface area contributed by atoms with E-state index < -0.39 is 22.5 Å². The van der Waals surface area contributed by atoms with E-state index in [2.05, 4.69) is 15.0 Å². The SMILES string of the molecule is Cc1cc(C)cc(Oc2[nH]c(=O)[nH]c(=O)c2C(C)C)c1.Cc1cc(C)cc(Oc2c(C(C)C)c(=O)[nH]c(=O)n2CC2=CC(CO)C(CO)C2)c1. The quantitative estimate of drug-likeness (QED) is 0.141. The predicted octanol–water partition coefficient (Wildman–Crippen LogP) is 5.21. The van der Waals surface area contributed by atoms with Crippen LogP contribution in [0.15, 0.2) is 67.2 Å². The average Bonchev–Trinajstić information content (AvgIpc) is 3.39. The largest absolute Gasteiger partial charge is 0.440 e. The number of allylic oxidation sites excluding steroid dienone is 1. The summed E-state index contributed by atoms with van der Waals surface area (Å²) in [5.74, 6) is 1.18. The minimum absolute atomic E-state index is 0.0328. The number of rotatable bonds is 10. The molecule has 12 nitrogen and oxygen atoms in total. The standard InChI is InChI=1S/C23H30N2O5.C15H18N2O3/c1-13(2)20-21(28)24-23(29)25(10-16-8-17(11-26)18(9-16)12-27)22(20)30-19-6-14(3)5-15(4)7-19;1-8(2)12-13(18)16-15(19)17-14(12)20-11-6-9(3)5-10(4)7-11/h5-8,13,17-18,26-27H,9-12H2,1-4H3,(H,24,28,29);5-8H,1-4H3,(H2,16,17,18,19). The van der Waals surface area contributed by atoms with Crippen molar-refractivity contribution >= 4 is 0 Å². The van der Waals surface area contributed by atoms with Crippen molar-refractivity contribution in [3.8, 4) is 23.3 Å². The maximum atomic E-state index is 12.8. The highest BCUT2D eigenvalue weighted by atomic mass is 16.5. The van der Waals surface area contributed by atoms with Gasteiger partial charge in [0.2, 0.25) is 11.8 Å². The zero-order valence-electron chi connectivity index (χ0n) is 30.0. The van der Waals surface area contributed by atoms with Gasteiger partial charge < -0.3 is 19.7 Å². The van der Waals surface area contributed by atoms with E-state index in [0.717, 1.165) is 27.8 Å². The van der Waals surface area contributed by atoms with E-state index >= 15 is 0 Å². The molecule has 0 bridgehead atoms. The molecule has 0 saturated heterocycles. The Kier molecular flexibility index (Phi) is 12.3. The molecule has 50 heavy (non-hydrogen) atoms. The normalized spacial score (nSPS) is 15.6. The Morgan fingerprint density at radius 2 is 1.24 bits per heavy atom. The molecule has 268 valence electrons. The molecular formula is C38H48N4O8. The van der Waals surface area contributed by atoms with Crippen LogP contribution in [0.5, 0.6) is 23.3 Å². The van der Waals surface area contributed by atoms with Gasteiger partial charge in [-0.05, 0) is 98.4 Å². The topological polar surface area (TPSA) is 179 Å². The molecule has 0 spiro atoms. The summed E-state index contributed by atoms with van der Waals surface area (Å²) in [7, 11) is 0. The molecule has 0 saturated carbocycles. The van der Waals surface area contributed by atoms with Crippen LogP contribution < -0.4 is 32.0 Å². The van der Waals surface area contributed by atoms with Crippen molar-refractivity contribution in [3.05, 3.63) is 123 Å². The van der Waals surface area contributed by atoms with Crippen LogP contribution in [-0.2, 0) is 6.54 Å². The number of aryl methyl sites for hydroxylation is 4. The molecular weight excluding hydrogens is 640 g/mol. The van der Waals surface area contributed by atoms with Crippen molar-refractivity contribution in [1.29, 1.82) is 0 Å². The smallest absolute Gasteiger partial charge is 0.331 e. The van der Waals surface area contributed by atoms with Crippen molar-refractivity contribution in [2.24, 2.45) is 11.8 Å². The van der Waals surface area contributed by atoms with Gasteiger partial charge in [-0.15, -0.1) is 0 Å².